The Hall–Kier alpha value is -2.87. The van der Waals surface area contributed by atoms with Crippen LogP contribution in [0.3, 0.4) is 0 Å². The minimum Gasteiger partial charge on any atom is -0.322 e. The van der Waals surface area contributed by atoms with Gasteiger partial charge in [0.2, 0.25) is 5.96 Å². The quantitative estimate of drug-likeness (QED) is 0.626. The molecule has 0 atom stereocenters. The van der Waals surface area contributed by atoms with E-state index >= 15 is 0 Å². The Bertz CT molecular complexity index is 864. The van der Waals surface area contributed by atoms with Gasteiger partial charge in [0.25, 0.3) is 5.91 Å². The van der Waals surface area contributed by atoms with Gasteiger partial charge in [0.05, 0.1) is 22.8 Å². The molecule has 0 radical (unpaired) electrons. The molecule has 5 N–H and O–H groups in total. The molecule has 1 aromatic heterocycles. The monoisotopic (exact) mass is 327 g/mol. The lowest BCUT2D eigenvalue weighted by atomic mass is 9.88. The third-order valence-corrected chi connectivity index (χ3v) is 4.55. The average molecular weight is 327 g/mol. The fourth-order valence-electron chi connectivity index (χ4n) is 2.97. The van der Waals surface area contributed by atoms with E-state index in [-0.39, 0.29) is 11.9 Å². The number of anilines is 1. The van der Waals surface area contributed by atoms with Crippen LogP contribution < -0.4 is 11.2 Å². The van der Waals surface area contributed by atoms with E-state index in [1.165, 1.54) is 5.01 Å². The maximum Gasteiger partial charge on any atom is 0.255 e. The van der Waals surface area contributed by atoms with Crippen LogP contribution in [0.25, 0.3) is 10.9 Å². The fourth-order valence-corrected chi connectivity index (χ4v) is 2.97. The number of H-pyrrole nitrogens is 1. The number of carbonyl (C=O) groups excluding carboxylic acids is 1. The number of hydrogen-bond donors (Lipinski definition) is 4. The van der Waals surface area contributed by atoms with Crippen molar-refractivity contribution in [3.8, 4) is 0 Å². The van der Waals surface area contributed by atoms with Gasteiger partial charge in [0, 0.05) is 23.8 Å². The summed E-state index contributed by atoms with van der Waals surface area (Å²) in [6.07, 6.45) is 1.71. The SMILES string of the molecule is CC1=C(C(=O)Nc2ccc3[nH]ncc3c2)C(C)(C)N(N)C(=N)N1C. The summed E-state index contributed by atoms with van der Waals surface area (Å²) in [5.74, 6) is 5.94. The second-order valence-corrected chi connectivity index (χ2v) is 6.40. The van der Waals surface area contributed by atoms with E-state index in [4.69, 9.17) is 11.3 Å². The molecular formula is C16H21N7O. The molecule has 0 saturated heterocycles. The highest BCUT2D eigenvalue weighted by Gasteiger charge is 2.42. The van der Waals surface area contributed by atoms with Crippen molar-refractivity contribution in [3.05, 3.63) is 35.7 Å². The minimum atomic E-state index is -0.794. The molecule has 2 aromatic rings. The van der Waals surface area contributed by atoms with E-state index in [0.29, 0.717) is 17.0 Å². The van der Waals surface area contributed by atoms with Crippen LogP contribution in [0.4, 0.5) is 5.69 Å². The number of nitrogens with one attached hydrogen (secondary N) is 3. The molecule has 0 unspecified atom stereocenters. The second kappa shape index (κ2) is 5.34. The Morgan fingerprint density at radius 3 is 2.83 bits per heavy atom. The molecule has 1 aromatic carbocycles. The molecular weight excluding hydrogens is 306 g/mol. The molecule has 0 fully saturated rings. The summed E-state index contributed by atoms with van der Waals surface area (Å²) in [5.41, 5.74) is 2.02. The normalized spacial score (nSPS) is 17.6. The van der Waals surface area contributed by atoms with Gasteiger partial charge in [-0.3, -0.25) is 20.3 Å². The van der Waals surface area contributed by atoms with Crippen molar-refractivity contribution in [3.63, 3.8) is 0 Å². The van der Waals surface area contributed by atoms with Crippen molar-refractivity contribution >= 4 is 28.5 Å². The lowest BCUT2D eigenvalue weighted by molar-refractivity contribution is -0.114. The molecule has 126 valence electrons. The first kappa shape index (κ1) is 16.0. The number of nitrogens with zero attached hydrogens (tertiary/aromatic N) is 3. The van der Waals surface area contributed by atoms with Gasteiger partial charge >= 0.3 is 0 Å². The molecule has 0 saturated carbocycles. The Balaban J connectivity index is 1.96. The molecule has 0 bridgehead atoms. The maximum atomic E-state index is 12.9. The largest absolute Gasteiger partial charge is 0.322 e. The van der Waals surface area contributed by atoms with Crippen LogP contribution >= 0.6 is 0 Å². The summed E-state index contributed by atoms with van der Waals surface area (Å²) in [5, 5.41) is 20.0. The molecule has 24 heavy (non-hydrogen) atoms. The summed E-state index contributed by atoms with van der Waals surface area (Å²) in [6, 6.07) is 5.53. The summed E-state index contributed by atoms with van der Waals surface area (Å²) in [6.45, 7) is 5.47. The Kier molecular flexibility index (Phi) is 3.56. The third kappa shape index (κ3) is 2.31. The first-order chi connectivity index (χ1) is 11.2. The van der Waals surface area contributed by atoms with Crippen molar-refractivity contribution in [1.82, 2.24) is 20.1 Å². The molecule has 8 heteroatoms. The van der Waals surface area contributed by atoms with Gasteiger partial charge in [-0.2, -0.15) is 5.10 Å². The highest BCUT2D eigenvalue weighted by atomic mass is 16.1. The number of rotatable bonds is 2. The Morgan fingerprint density at radius 1 is 1.42 bits per heavy atom. The van der Waals surface area contributed by atoms with Crippen LogP contribution in [-0.2, 0) is 4.79 Å². The number of guanidine groups is 1. The molecule has 0 aliphatic carbocycles. The number of hydrazine groups is 1. The Labute approximate surface area is 139 Å². The van der Waals surface area contributed by atoms with Crippen LogP contribution in [0.15, 0.2) is 35.7 Å². The molecule has 1 aliphatic heterocycles. The van der Waals surface area contributed by atoms with Gasteiger partial charge in [-0.15, -0.1) is 0 Å². The van der Waals surface area contributed by atoms with Gasteiger partial charge in [0.15, 0.2) is 0 Å². The molecule has 0 spiro atoms. The summed E-state index contributed by atoms with van der Waals surface area (Å²) >= 11 is 0. The number of hydrogen-bond acceptors (Lipinski definition) is 4. The molecule has 1 amide bonds. The first-order valence-corrected chi connectivity index (χ1v) is 7.56. The average Bonchev–Trinajstić information content (AvgIpc) is 2.98. The fraction of sp³-hybridized carbons (Fsp3) is 0.312. The van der Waals surface area contributed by atoms with E-state index in [0.717, 1.165) is 10.9 Å². The number of nitrogens with two attached hydrogens (primary N) is 1. The minimum absolute atomic E-state index is 0.147. The van der Waals surface area contributed by atoms with Crippen LogP contribution in [0.2, 0.25) is 0 Å². The predicted octanol–water partition coefficient (Wildman–Crippen LogP) is 1.61. The highest BCUT2D eigenvalue weighted by molar-refractivity contribution is 6.08. The molecule has 2 heterocycles. The van der Waals surface area contributed by atoms with Crippen molar-refractivity contribution in [2.75, 3.05) is 12.4 Å². The van der Waals surface area contributed by atoms with Gasteiger partial charge in [-0.25, -0.2) is 5.84 Å². The van der Waals surface area contributed by atoms with Gasteiger partial charge in [-0.1, -0.05) is 0 Å². The zero-order chi connectivity index (χ0) is 17.6. The van der Waals surface area contributed by atoms with Crippen molar-refractivity contribution < 1.29 is 4.79 Å². The second-order valence-electron chi connectivity index (χ2n) is 6.40. The van der Waals surface area contributed by atoms with E-state index in [2.05, 4.69) is 15.5 Å². The predicted molar refractivity (Wildman–Crippen MR) is 93.0 cm³/mol. The van der Waals surface area contributed by atoms with Crippen molar-refractivity contribution in [2.45, 2.75) is 26.3 Å². The van der Waals surface area contributed by atoms with Crippen molar-refractivity contribution in [2.24, 2.45) is 5.84 Å². The van der Waals surface area contributed by atoms with E-state index in [1.807, 2.05) is 39.0 Å². The van der Waals surface area contributed by atoms with E-state index in [9.17, 15) is 4.79 Å². The number of aromatic amines is 1. The molecule has 8 nitrogen and oxygen atoms in total. The first-order valence-electron chi connectivity index (χ1n) is 7.56. The van der Waals surface area contributed by atoms with Gasteiger partial charge in [-0.05, 0) is 39.0 Å². The van der Waals surface area contributed by atoms with Crippen LogP contribution in [0.5, 0.6) is 0 Å². The number of fused-ring (bicyclic) bond motifs is 1. The van der Waals surface area contributed by atoms with E-state index in [1.54, 1.807) is 18.1 Å². The highest BCUT2D eigenvalue weighted by Crippen LogP contribution is 2.32. The molecule has 3 rings (SSSR count). The maximum absolute atomic E-state index is 12.9. The zero-order valence-corrected chi connectivity index (χ0v) is 14.1. The van der Waals surface area contributed by atoms with Gasteiger partial charge < -0.3 is 10.2 Å². The summed E-state index contributed by atoms with van der Waals surface area (Å²) < 4.78 is 0. The number of carbonyl (C=O) groups is 1. The Morgan fingerprint density at radius 2 is 2.12 bits per heavy atom. The van der Waals surface area contributed by atoms with Crippen LogP contribution in [-0.4, -0.2) is 44.6 Å². The topological polar surface area (TPSA) is 114 Å². The molecule has 1 aliphatic rings. The zero-order valence-electron chi connectivity index (χ0n) is 14.1. The van der Waals surface area contributed by atoms with E-state index < -0.39 is 5.54 Å². The van der Waals surface area contributed by atoms with Crippen LogP contribution in [0, 0.1) is 5.41 Å². The number of amides is 1. The number of aromatic nitrogens is 2. The standard InChI is InChI=1S/C16H21N7O/c1-9-13(16(2,3)23(18)15(17)22(9)4)14(24)20-11-5-6-12-10(7-11)8-19-21-12/h5-8,17H,18H2,1-4H3,(H,19,21)(H,20,24). The lowest BCUT2D eigenvalue weighted by Gasteiger charge is -2.46. The number of allylic oxidation sites excluding steroid dienone is 1. The smallest absolute Gasteiger partial charge is 0.255 e. The van der Waals surface area contributed by atoms with Gasteiger partial charge in [0.1, 0.15) is 0 Å². The third-order valence-electron chi connectivity index (χ3n) is 4.55. The number of benzene rings is 1. The summed E-state index contributed by atoms with van der Waals surface area (Å²) in [7, 11) is 1.72. The van der Waals surface area contributed by atoms with Crippen molar-refractivity contribution in [1.29, 1.82) is 5.41 Å². The van der Waals surface area contributed by atoms with Crippen LogP contribution in [0.1, 0.15) is 20.8 Å². The lowest BCUT2D eigenvalue weighted by Crippen LogP contribution is -2.62. The summed E-state index contributed by atoms with van der Waals surface area (Å²) in [4.78, 5) is 14.5.